The van der Waals surface area contributed by atoms with Crippen LogP contribution in [0.5, 0.6) is 0 Å². The first-order valence-electron chi connectivity index (χ1n) is 9.83. The van der Waals surface area contributed by atoms with Crippen LogP contribution in [0.3, 0.4) is 0 Å². The first-order valence-corrected chi connectivity index (χ1v) is 11.8. The average molecular weight is 381 g/mol. The van der Waals surface area contributed by atoms with Gasteiger partial charge in [0.1, 0.15) is 5.22 Å². The molecule has 1 heterocycles. The topological polar surface area (TPSA) is 51.8 Å². The minimum Gasteiger partial charge on any atom is -0.396 e. The summed E-state index contributed by atoms with van der Waals surface area (Å²) in [6.07, 6.45) is 5.52. The lowest BCUT2D eigenvalue weighted by Gasteiger charge is -2.48. The summed E-state index contributed by atoms with van der Waals surface area (Å²) < 4.78 is 17.9. The summed E-state index contributed by atoms with van der Waals surface area (Å²) in [6.45, 7) is 3.87. The zero-order valence-electron chi connectivity index (χ0n) is 16.7. The maximum Gasteiger partial charge on any atom is 0.370 e. The lowest BCUT2D eigenvalue weighted by Crippen LogP contribution is -2.64. The highest BCUT2D eigenvalue weighted by molar-refractivity contribution is 6.70. The Bertz CT molecular complexity index is 499. The molecule has 6 heteroatoms. The van der Waals surface area contributed by atoms with Gasteiger partial charge in [-0.1, -0.05) is 43.2 Å². The zero-order chi connectivity index (χ0) is 18.7. The SMILES string of the molecule is COC1(CCCNCCNCc2ccccc2)CCCC[Si]1(OC)OC. The van der Waals surface area contributed by atoms with Crippen molar-refractivity contribution in [2.24, 2.45) is 0 Å². The lowest BCUT2D eigenvalue weighted by atomic mass is 10.1. The lowest BCUT2D eigenvalue weighted by molar-refractivity contribution is -0.0156. The molecule has 2 N–H and O–H groups in total. The minimum atomic E-state index is -2.29. The van der Waals surface area contributed by atoms with Gasteiger partial charge in [-0.15, -0.1) is 0 Å². The van der Waals surface area contributed by atoms with E-state index < -0.39 is 8.56 Å². The van der Waals surface area contributed by atoms with E-state index in [2.05, 4.69) is 41.0 Å². The molecule has 0 aromatic heterocycles. The van der Waals surface area contributed by atoms with Crippen LogP contribution in [0.4, 0.5) is 0 Å². The summed E-state index contributed by atoms with van der Waals surface area (Å²) in [4.78, 5) is 0. The van der Waals surface area contributed by atoms with Crippen LogP contribution >= 0.6 is 0 Å². The van der Waals surface area contributed by atoms with Crippen molar-refractivity contribution in [3.8, 4) is 0 Å². The Labute approximate surface area is 160 Å². The molecule has 148 valence electrons. The molecule has 1 aromatic carbocycles. The van der Waals surface area contributed by atoms with Gasteiger partial charge >= 0.3 is 8.56 Å². The molecular formula is C20H36N2O3Si. The Morgan fingerprint density at radius 1 is 0.962 bits per heavy atom. The van der Waals surface area contributed by atoms with Crippen molar-refractivity contribution in [1.82, 2.24) is 10.6 Å². The van der Waals surface area contributed by atoms with E-state index in [-0.39, 0.29) is 5.22 Å². The van der Waals surface area contributed by atoms with E-state index in [1.807, 2.05) is 7.11 Å². The molecule has 1 aliphatic heterocycles. The van der Waals surface area contributed by atoms with E-state index in [1.165, 1.54) is 18.4 Å². The van der Waals surface area contributed by atoms with Gasteiger partial charge in [0.2, 0.25) is 0 Å². The molecule has 1 saturated heterocycles. The van der Waals surface area contributed by atoms with Crippen LogP contribution in [0, 0.1) is 0 Å². The molecule has 5 nitrogen and oxygen atoms in total. The molecule has 0 amide bonds. The van der Waals surface area contributed by atoms with Gasteiger partial charge in [-0.05, 0) is 37.4 Å². The second-order valence-electron chi connectivity index (χ2n) is 7.08. The number of benzene rings is 1. The van der Waals surface area contributed by atoms with Crippen molar-refractivity contribution in [3.63, 3.8) is 0 Å². The fraction of sp³-hybridized carbons (Fsp3) is 0.700. The van der Waals surface area contributed by atoms with Crippen LogP contribution in [0.15, 0.2) is 30.3 Å². The summed E-state index contributed by atoms with van der Waals surface area (Å²) >= 11 is 0. The van der Waals surface area contributed by atoms with Crippen molar-refractivity contribution < 1.29 is 13.6 Å². The monoisotopic (exact) mass is 380 g/mol. The third kappa shape index (κ3) is 5.37. The third-order valence-electron chi connectivity index (χ3n) is 5.67. The van der Waals surface area contributed by atoms with Crippen molar-refractivity contribution in [3.05, 3.63) is 35.9 Å². The number of hydrogen-bond acceptors (Lipinski definition) is 5. The zero-order valence-corrected chi connectivity index (χ0v) is 17.7. The number of rotatable bonds is 12. The van der Waals surface area contributed by atoms with E-state index in [0.29, 0.717) is 0 Å². The summed E-state index contributed by atoms with van der Waals surface area (Å²) in [6, 6.07) is 11.5. The molecular weight excluding hydrogens is 344 g/mol. The van der Waals surface area contributed by atoms with Crippen LogP contribution in [-0.2, 0) is 20.1 Å². The molecule has 1 fully saturated rings. The van der Waals surface area contributed by atoms with Crippen molar-refractivity contribution >= 4 is 8.56 Å². The number of ether oxygens (including phenoxy) is 1. The molecule has 0 aliphatic carbocycles. The Morgan fingerprint density at radius 3 is 2.38 bits per heavy atom. The van der Waals surface area contributed by atoms with E-state index in [9.17, 15) is 0 Å². The predicted octanol–water partition coefficient (Wildman–Crippen LogP) is 2.99. The Balaban J connectivity index is 1.65. The first kappa shape index (κ1) is 21.5. The number of nitrogens with one attached hydrogen (secondary N) is 2. The van der Waals surface area contributed by atoms with Crippen LogP contribution < -0.4 is 10.6 Å². The maximum absolute atomic E-state index is 6.04. The highest BCUT2D eigenvalue weighted by Gasteiger charge is 2.58. The van der Waals surface area contributed by atoms with Crippen LogP contribution in [0.25, 0.3) is 0 Å². The van der Waals surface area contributed by atoms with E-state index in [4.69, 9.17) is 13.6 Å². The molecule has 26 heavy (non-hydrogen) atoms. The van der Waals surface area contributed by atoms with Gasteiger partial charge in [-0.25, -0.2) is 0 Å². The van der Waals surface area contributed by atoms with Crippen LogP contribution in [-0.4, -0.2) is 54.7 Å². The summed E-state index contributed by atoms with van der Waals surface area (Å²) in [5.74, 6) is 0. The van der Waals surface area contributed by atoms with E-state index in [0.717, 1.165) is 51.5 Å². The molecule has 1 aliphatic rings. The highest BCUT2D eigenvalue weighted by Crippen LogP contribution is 2.42. The van der Waals surface area contributed by atoms with Gasteiger partial charge in [0.05, 0.1) is 0 Å². The third-order valence-corrected chi connectivity index (χ3v) is 10.1. The van der Waals surface area contributed by atoms with E-state index >= 15 is 0 Å². The minimum absolute atomic E-state index is 0.206. The first-order chi connectivity index (χ1) is 12.7. The maximum atomic E-state index is 6.04. The van der Waals surface area contributed by atoms with Crippen molar-refractivity contribution in [2.45, 2.75) is 49.9 Å². The molecule has 1 atom stereocenters. The highest BCUT2D eigenvalue weighted by atomic mass is 28.4. The fourth-order valence-corrected chi connectivity index (χ4v) is 8.07. The van der Waals surface area contributed by atoms with Gasteiger partial charge < -0.3 is 24.2 Å². The predicted molar refractivity (Wildman–Crippen MR) is 108 cm³/mol. The van der Waals surface area contributed by atoms with E-state index in [1.54, 1.807) is 14.2 Å². The Kier molecular flexibility index (Phi) is 9.25. The second kappa shape index (κ2) is 11.2. The van der Waals surface area contributed by atoms with Crippen LogP contribution in [0.1, 0.15) is 37.7 Å². The molecule has 1 unspecified atom stereocenters. The number of methoxy groups -OCH3 is 1. The van der Waals surface area contributed by atoms with Gasteiger partial charge in [-0.3, -0.25) is 0 Å². The average Bonchev–Trinajstić information content (AvgIpc) is 2.71. The number of hydrogen-bond donors (Lipinski definition) is 2. The van der Waals surface area contributed by atoms with Gasteiger partial charge in [0, 0.05) is 41.0 Å². The quantitative estimate of drug-likeness (QED) is 0.431. The summed E-state index contributed by atoms with van der Waals surface area (Å²) in [7, 11) is 3.13. The molecule has 0 bridgehead atoms. The molecule has 0 radical (unpaired) electrons. The Hall–Kier alpha value is -0.763. The summed E-state index contributed by atoms with van der Waals surface area (Å²) in [5, 5.41) is 6.80. The summed E-state index contributed by atoms with van der Waals surface area (Å²) in [5.41, 5.74) is 1.33. The van der Waals surface area contributed by atoms with Gasteiger partial charge in [0.15, 0.2) is 0 Å². The standard InChI is InChI=1S/C20H36N2O3Si/c1-23-20(12-7-8-17-26(20,24-2)25-3)13-9-14-21-15-16-22-18-19-10-5-4-6-11-19/h4-6,10-11,21-22H,7-9,12-18H2,1-3H3. The van der Waals surface area contributed by atoms with Crippen LogP contribution in [0.2, 0.25) is 6.04 Å². The molecule has 0 spiro atoms. The fourth-order valence-electron chi connectivity index (χ4n) is 4.15. The largest absolute Gasteiger partial charge is 0.396 e. The van der Waals surface area contributed by atoms with Gasteiger partial charge in [0.25, 0.3) is 0 Å². The smallest absolute Gasteiger partial charge is 0.370 e. The van der Waals surface area contributed by atoms with Crippen molar-refractivity contribution in [2.75, 3.05) is 41.0 Å². The molecule has 2 rings (SSSR count). The van der Waals surface area contributed by atoms with Gasteiger partial charge in [-0.2, -0.15) is 0 Å². The van der Waals surface area contributed by atoms with Crippen molar-refractivity contribution in [1.29, 1.82) is 0 Å². The molecule has 0 saturated carbocycles. The molecule has 1 aromatic rings. The normalized spacial score (nSPS) is 22.4. The Morgan fingerprint density at radius 2 is 1.69 bits per heavy atom. The second-order valence-corrected chi connectivity index (χ2v) is 10.8.